The first-order chi connectivity index (χ1) is 14.6. The summed E-state index contributed by atoms with van der Waals surface area (Å²) >= 11 is 0. The molecule has 4 rings (SSSR count). The van der Waals surface area contributed by atoms with Crippen molar-refractivity contribution in [1.29, 1.82) is 0 Å². The van der Waals surface area contributed by atoms with E-state index in [2.05, 4.69) is 19.8 Å². The lowest BCUT2D eigenvalue weighted by molar-refractivity contribution is -0.0162. The first kappa shape index (κ1) is 19.7. The number of piperidine rings is 1. The minimum Gasteiger partial charge on any atom is -0.389 e. The van der Waals surface area contributed by atoms with E-state index in [0.29, 0.717) is 55.0 Å². The lowest BCUT2D eigenvalue weighted by atomic mass is 9.85. The summed E-state index contributed by atoms with van der Waals surface area (Å²) in [6.45, 7) is 7.97. The first-order valence-corrected chi connectivity index (χ1v) is 9.77. The molecule has 7 heteroatoms. The molecule has 1 aliphatic rings. The molecule has 150 valence electrons. The standard InChI is InChI=1S/C23H21N5O2/c1-24-18-6-4-17(5-7-18)15-23(30)9-13-28(14-10-23)22(29)19-3-2-11-26-21(19)20-8-12-25-16-27-20/h2-8,11-12,16,30H,9-10,13-15H2. The predicted octanol–water partition coefficient (Wildman–Crippen LogP) is 3.30. The lowest BCUT2D eigenvalue weighted by Gasteiger charge is -2.38. The number of hydrogen-bond donors (Lipinski definition) is 1. The number of aliphatic hydroxyl groups is 1. The van der Waals surface area contributed by atoms with Gasteiger partial charge < -0.3 is 10.0 Å². The summed E-state index contributed by atoms with van der Waals surface area (Å²) < 4.78 is 0. The van der Waals surface area contributed by atoms with E-state index < -0.39 is 5.60 Å². The van der Waals surface area contributed by atoms with E-state index in [1.807, 2.05) is 12.1 Å². The van der Waals surface area contributed by atoms with Gasteiger partial charge in [0.15, 0.2) is 5.69 Å². The number of benzene rings is 1. The van der Waals surface area contributed by atoms with Crippen LogP contribution in [0.1, 0.15) is 28.8 Å². The molecule has 1 amide bonds. The molecule has 0 spiro atoms. The number of pyridine rings is 1. The molecule has 1 saturated heterocycles. The molecule has 2 aromatic heterocycles. The van der Waals surface area contributed by atoms with Gasteiger partial charge in [-0.05, 0) is 36.6 Å². The average molecular weight is 399 g/mol. The van der Waals surface area contributed by atoms with E-state index in [1.54, 1.807) is 47.6 Å². The summed E-state index contributed by atoms with van der Waals surface area (Å²) in [6.07, 6.45) is 6.19. The van der Waals surface area contributed by atoms with E-state index in [-0.39, 0.29) is 5.91 Å². The maximum atomic E-state index is 13.2. The molecule has 0 bridgehead atoms. The van der Waals surface area contributed by atoms with Gasteiger partial charge in [-0.1, -0.05) is 24.3 Å². The molecule has 3 aromatic rings. The Morgan fingerprint density at radius 3 is 2.53 bits per heavy atom. The van der Waals surface area contributed by atoms with Crippen LogP contribution >= 0.6 is 0 Å². The minimum atomic E-state index is -0.860. The quantitative estimate of drug-likeness (QED) is 0.681. The van der Waals surface area contributed by atoms with Gasteiger partial charge in [-0.15, -0.1) is 0 Å². The number of carbonyl (C=O) groups is 1. The maximum absolute atomic E-state index is 13.2. The van der Waals surface area contributed by atoms with Crippen LogP contribution in [0, 0.1) is 6.57 Å². The van der Waals surface area contributed by atoms with Gasteiger partial charge in [-0.2, -0.15) is 0 Å². The number of amides is 1. The fourth-order valence-corrected chi connectivity index (χ4v) is 3.75. The Bertz CT molecular complexity index is 1070. The van der Waals surface area contributed by atoms with Crippen molar-refractivity contribution >= 4 is 11.6 Å². The summed E-state index contributed by atoms with van der Waals surface area (Å²) in [7, 11) is 0. The third kappa shape index (κ3) is 4.19. The Morgan fingerprint density at radius 2 is 1.87 bits per heavy atom. The highest BCUT2D eigenvalue weighted by Gasteiger charge is 2.35. The van der Waals surface area contributed by atoms with Gasteiger partial charge in [-0.25, -0.2) is 14.8 Å². The zero-order valence-corrected chi connectivity index (χ0v) is 16.4. The van der Waals surface area contributed by atoms with Gasteiger partial charge in [0.05, 0.1) is 23.4 Å². The van der Waals surface area contributed by atoms with E-state index in [4.69, 9.17) is 6.57 Å². The summed E-state index contributed by atoms with van der Waals surface area (Å²) in [6, 6.07) is 12.5. The Kier molecular flexibility index (Phi) is 5.50. The molecule has 30 heavy (non-hydrogen) atoms. The third-order valence-electron chi connectivity index (χ3n) is 5.44. The van der Waals surface area contributed by atoms with Crippen LogP contribution in [0.3, 0.4) is 0 Å². The number of carbonyl (C=O) groups excluding carboxylic acids is 1. The average Bonchev–Trinajstić information content (AvgIpc) is 2.80. The summed E-state index contributed by atoms with van der Waals surface area (Å²) in [5, 5.41) is 11.0. The van der Waals surface area contributed by atoms with Crippen molar-refractivity contribution in [3.63, 3.8) is 0 Å². The van der Waals surface area contributed by atoms with Gasteiger partial charge in [0, 0.05) is 31.9 Å². The minimum absolute atomic E-state index is 0.111. The van der Waals surface area contributed by atoms with Crippen LogP contribution in [0.4, 0.5) is 5.69 Å². The van der Waals surface area contributed by atoms with Crippen LogP contribution in [-0.2, 0) is 6.42 Å². The van der Waals surface area contributed by atoms with Crippen LogP contribution in [0.15, 0.2) is 61.2 Å². The topological polar surface area (TPSA) is 83.6 Å². The summed E-state index contributed by atoms with van der Waals surface area (Å²) in [5.74, 6) is -0.111. The largest absolute Gasteiger partial charge is 0.389 e. The van der Waals surface area contributed by atoms with E-state index in [0.717, 1.165) is 5.56 Å². The van der Waals surface area contributed by atoms with E-state index in [9.17, 15) is 9.90 Å². The maximum Gasteiger partial charge on any atom is 0.256 e. The van der Waals surface area contributed by atoms with Crippen molar-refractivity contribution in [2.24, 2.45) is 0 Å². The van der Waals surface area contributed by atoms with Gasteiger partial charge in [0.25, 0.3) is 5.91 Å². The fraction of sp³-hybridized carbons (Fsp3) is 0.261. The molecular weight excluding hydrogens is 378 g/mol. The Morgan fingerprint density at radius 1 is 1.10 bits per heavy atom. The molecule has 1 aromatic carbocycles. The predicted molar refractivity (Wildman–Crippen MR) is 112 cm³/mol. The van der Waals surface area contributed by atoms with E-state index >= 15 is 0 Å². The highest BCUT2D eigenvalue weighted by molar-refractivity contribution is 5.99. The Hall–Kier alpha value is -3.63. The van der Waals surface area contributed by atoms with Crippen molar-refractivity contribution in [3.05, 3.63) is 83.7 Å². The second-order valence-electron chi connectivity index (χ2n) is 7.47. The van der Waals surface area contributed by atoms with Gasteiger partial charge in [-0.3, -0.25) is 9.78 Å². The van der Waals surface area contributed by atoms with Crippen LogP contribution in [-0.4, -0.2) is 49.6 Å². The van der Waals surface area contributed by atoms with Crippen molar-refractivity contribution in [2.75, 3.05) is 13.1 Å². The monoisotopic (exact) mass is 399 g/mol. The third-order valence-corrected chi connectivity index (χ3v) is 5.44. The fourth-order valence-electron chi connectivity index (χ4n) is 3.75. The van der Waals surface area contributed by atoms with Crippen LogP contribution < -0.4 is 0 Å². The highest BCUT2D eigenvalue weighted by Crippen LogP contribution is 2.29. The zero-order valence-electron chi connectivity index (χ0n) is 16.4. The molecule has 0 unspecified atom stereocenters. The van der Waals surface area contributed by atoms with Crippen molar-refractivity contribution in [3.8, 4) is 11.4 Å². The molecular formula is C23H21N5O2. The van der Waals surface area contributed by atoms with Gasteiger partial charge >= 0.3 is 0 Å². The number of aromatic nitrogens is 3. The van der Waals surface area contributed by atoms with Crippen LogP contribution in [0.2, 0.25) is 0 Å². The van der Waals surface area contributed by atoms with E-state index in [1.165, 1.54) is 6.33 Å². The number of nitrogens with zero attached hydrogens (tertiary/aromatic N) is 5. The molecule has 1 fully saturated rings. The first-order valence-electron chi connectivity index (χ1n) is 9.77. The molecule has 3 heterocycles. The molecule has 0 atom stereocenters. The number of rotatable bonds is 4. The number of likely N-dealkylation sites (tertiary alicyclic amines) is 1. The molecule has 0 saturated carbocycles. The summed E-state index contributed by atoms with van der Waals surface area (Å²) in [5.41, 5.74) is 2.35. The van der Waals surface area contributed by atoms with Crippen LogP contribution in [0.25, 0.3) is 16.2 Å². The second kappa shape index (κ2) is 8.39. The second-order valence-corrected chi connectivity index (χ2v) is 7.47. The highest BCUT2D eigenvalue weighted by atomic mass is 16.3. The SMILES string of the molecule is [C-]#[N+]c1ccc(CC2(O)CCN(C(=O)c3cccnc3-c3ccncn3)CC2)cc1. The molecule has 0 radical (unpaired) electrons. The molecule has 7 nitrogen and oxygen atoms in total. The number of hydrogen-bond acceptors (Lipinski definition) is 5. The molecule has 0 aliphatic carbocycles. The molecule has 1 N–H and O–H groups in total. The van der Waals surface area contributed by atoms with Crippen molar-refractivity contribution in [2.45, 2.75) is 24.9 Å². The lowest BCUT2D eigenvalue weighted by Crippen LogP contribution is -2.47. The van der Waals surface area contributed by atoms with Crippen molar-refractivity contribution in [1.82, 2.24) is 19.9 Å². The van der Waals surface area contributed by atoms with Gasteiger partial charge in [0.1, 0.15) is 12.0 Å². The van der Waals surface area contributed by atoms with Gasteiger partial charge in [0.2, 0.25) is 0 Å². The molecule has 1 aliphatic heterocycles. The zero-order chi connectivity index (χ0) is 21.0. The Labute approximate surface area is 174 Å². The normalized spacial score (nSPS) is 15.4. The smallest absolute Gasteiger partial charge is 0.256 e. The Balaban J connectivity index is 1.45. The van der Waals surface area contributed by atoms with Crippen LogP contribution in [0.5, 0.6) is 0 Å². The van der Waals surface area contributed by atoms with Crippen molar-refractivity contribution < 1.29 is 9.90 Å². The summed E-state index contributed by atoms with van der Waals surface area (Å²) in [4.78, 5) is 30.8.